The van der Waals surface area contributed by atoms with Crippen LogP contribution >= 0.6 is 22.9 Å². The molecule has 0 fully saturated rings. The number of nitrogens with one attached hydrogen (secondary N) is 1. The molecule has 0 unspecified atom stereocenters. The Hall–Kier alpha value is -3.04. The summed E-state index contributed by atoms with van der Waals surface area (Å²) >= 11 is 6.77. The predicted octanol–water partition coefficient (Wildman–Crippen LogP) is 4.01. The number of carbonyl (C=O) groups is 1. The molecule has 2 heterocycles. The van der Waals surface area contributed by atoms with Crippen molar-refractivity contribution in [1.82, 2.24) is 10.2 Å². The van der Waals surface area contributed by atoms with Crippen LogP contribution in [0.4, 0.5) is 11.0 Å². The second kappa shape index (κ2) is 7.24. The molecular formula is C15H9ClN4O4S. The summed E-state index contributed by atoms with van der Waals surface area (Å²) in [6.45, 7) is 0. The van der Waals surface area contributed by atoms with Gasteiger partial charge in [0.2, 0.25) is 5.89 Å². The first-order chi connectivity index (χ1) is 12.0. The van der Waals surface area contributed by atoms with Crippen molar-refractivity contribution < 1.29 is 14.1 Å². The van der Waals surface area contributed by atoms with Crippen LogP contribution in [0.2, 0.25) is 5.02 Å². The van der Waals surface area contributed by atoms with Gasteiger partial charge in [-0.3, -0.25) is 20.2 Å². The van der Waals surface area contributed by atoms with Crippen LogP contribution in [0, 0.1) is 10.1 Å². The van der Waals surface area contributed by atoms with E-state index in [0.717, 1.165) is 11.3 Å². The van der Waals surface area contributed by atoms with Gasteiger partial charge in [0.1, 0.15) is 0 Å². The molecule has 1 N–H and O–H groups in total. The van der Waals surface area contributed by atoms with Crippen LogP contribution in [0.15, 0.2) is 46.9 Å². The Kier molecular flexibility index (Phi) is 4.87. The number of carbonyl (C=O) groups excluding carboxylic acids is 1. The molecule has 0 radical (unpaired) electrons. The lowest BCUT2D eigenvalue weighted by Gasteiger charge is -1.95. The van der Waals surface area contributed by atoms with Gasteiger partial charge >= 0.3 is 11.0 Å². The number of hydrogen-bond donors (Lipinski definition) is 1. The molecule has 0 saturated carbocycles. The molecule has 1 aromatic carbocycles. The monoisotopic (exact) mass is 376 g/mol. The van der Waals surface area contributed by atoms with Crippen LogP contribution in [-0.4, -0.2) is 21.0 Å². The highest BCUT2D eigenvalue weighted by Crippen LogP contribution is 2.25. The number of rotatable bonds is 5. The van der Waals surface area contributed by atoms with Crippen LogP contribution in [0.25, 0.3) is 17.5 Å². The summed E-state index contributed by atoms with van der Waals surface area (Å²) in [6, 6.07) is 9.66. The lowest BCUT2D eigenvalue weighted by atomic mass is 10.2. The molecule has 0 saturated heterocycles. The fraction of sp³-hybridized carbons (Fsp3) is 0. The van der Waals surface area contributed by atoms with E-state index in [9.17, 15) is 14.9 Å². The van der Waals surface area contributed by atoms with Gasteiger partial charge in [0.15, 0.2) is 0 Å². The van der Waals surface area contributed by atoms with E-state index in [4.69, 9.17) is 16.0 Å². The summed E-state index contributed by atoms with van der Waals surface area (Å²) in [6.07, 6.45) is 2.69. The molecule has 0 aliphatic heterocycles. The number of nitrogens with zero attached hydrogens (tertiary/aromatic N) is 3. The van der Waals surface area contributed by atoms with Crippen molar-refractivity contribution >= 4 is 45.9 Å². The average Bonchev–Trinajstić information content (AvgIpc) is 3.23. The predicted molar refractivity (Wildman–Crippen MR) is 93.4 cm³/mol. The number of amides is 1. The molecule has 0 spiro atoms. The molecule has 1 amide bonds. The van der Waals surface area contributed by atoms with Crippen LogP contribution in [0.3, 0.4) is 0 Å². The van der Waals surface area contributed by atoms with Crippen molar-refractivity contribution in [2.24, 2.45) is 0 Å². The number of thiophene rings is 1. The third kappa shape index (κ3) is 4.28. The minimum absolute atomic E-state index is 0.00423. The third-order valence-electron chi connectivity index (χ3n) is 2.94. The zero-order chi connectivity index (χ0) is 17.8. The highest BCUT2D eigenvalue weighted by atomic mass is 35.5. The highest BCUT2D eigenvalue weighted by Gasteiger charge is 2.11. The van der Waals surface area contributed by atoms with Gasteiger partial charge in [0, 0.05) is 27.6 Å². The van der Waals surface area contributed by atoms with Crippen LogP contribution in [0.5, 0.6) is 0 Å². The Morgan fingerprint density at radius 1 is 1.24 bits per heavy atom. The van der Waals surface area contributed by atoms with Gasteiger partial charge in [-0.1, -0.05) is 28.0 Å². The summed E-state index contributed by atoms with van der Waals surface area (Å²) < 4.78 is 5.35. The normalized spacial score (nSPS) is 10.9. The van der Waals surface area contributed by atoms with E-state index in [1.165, 1.54) is 18.2 Å². The molecule has 2 aromatic heterocycles. The first kappa shape index (κ1) is 16.8. The van der Waals surface area contributed by atoms with E-state index < -0.39 is 10.8 Å². The first-order valence-electron chi connectivity index (χ1n) is 6.84. The second-order valence-corrected chi connectivity index (χ2v) is 6.21. The van der Waals surface area contributed by atoms with Gasteiger partial charge in [-0.2, -0.15) is 0 Å². The number of anilines is 1. The van der Waals surface area contributed by atoms with Crippen molar-refractivity contribution in [2.75, 3.05) is 5.32 Å². The average molecular weight is 377 g/mol. The van der Waals surface area contributed by atoms with Crippen molar-refractivity contribution in [3.8, 4) is 11.5 Å². The molecule has 0 aliphatic rings. The zero-order valence-electron chi connectivity index (χ0n) is 12.4. The molecular weight excluding hydrogens is 368 g/mol. The SMILES string of the molecule is O=C(/C=C/c1ccc([N+](=O)[O-])s1)Nc1nnc(-c2ccc(Cl)cc2)o1. The van der Waals surface area contributed by atoms with E-state index >= 15 is 0 Å². The van der Waals surface area contributed by atoms with Crippen LogP contribution < -0.4 is 5.32 Å². The Bertz CT molecular complexity index is 949. The molecule has 0 aliphatic carbocycles. The van der Waals surface area contributed by atoms with E-state index in [1.54, 1.807) is 30.3 Å². The summed E-state index contributed by atoms with van der Waals surface area (Å²) in [4.78, 5) is 22.5. The maximum Gasteiger partial charge on any atom is 0.324 e. The van der Waals surface area contributed by atoms with E-state index in [1.807, 2.05) is 0 Å². The highest BCUT2D eigenvalue weighted by molar-refractivity contribution is 7.16. The number of hydrogen-bond acceptors (Lipinski definition) is 7. The topological polar surface area (TPSA) is 111 Å². The Labute approximate surface area is 149 Å². The van der Waals surface area contributed by atoms with Gasteiger partial charge in [-0.15, -0.1) is 5.10 Å². The van der Waals surface area contributed by atoms with Gasteiger partial charge < -0.3 is 4.42 Å². The van der Waals surface area contributed by atoms with Crippen molar-refractivity contribution in [1.29, 1.82) is 0 Å². The summed E-state index contributed by atoms with van der Waals surface area (Å²) in [5.74, 6) is -0.257. The van der Waals surface area contributed by atoms with Gasteiger partial charge in [-0.25, -0.2) is 0 Å². The van der Waals surface area contributed by atoms with Gasteiger partial charge in [0.25, 0.3) is 5.91 Å². The van der Waals surface area contributed by atoms with E-state index in [-0.39, 0.29) is 16.9 Å². The smallest absolute Gasteiger partial charge is 0.324 e. The first-order valence-corrected chi connectivity index (χ1v) is 8.03. The maximum absolute atomic E-state index is 11.8. The van der Waals surface area contributed by atoms with Crippen LogP contribution in [-0.2, 0) is 4.79 Å². The lowest BCUT2D eigenvalue weighted by molar-refractivity contribution is -0.380. The van der Waals surface area contributed by atoms with E-state index in [2.05, 4.69) is 15.5 Å². The van der Waals surface area contributed by atoms with Gasteiger partial charge in [0.05, 0.1) is 4.92 Å². The molecule has 10 heteroatoms. The second-order valence-electron chi connectivity index (χ2n) is 4.67. The summed E-state index contributed by atoms with van der Waals surface area (Å²) in [7, 11) is 0. The summed E-state index contributed by atoms with van der Waals surface area (Å²) in [5, 5.41) is 21.2. The third-order valence-corrected chi connectivity index (χ3v) is 4.19. The largest absolute Gasteiger partial charge is 0.403 e. The number of nitro groups is 1. The molecule has 0 atom stereocenters. The molecule has 0 bridgehead atoms. The Morgan fingerprint density at radius 2 is 2.00 bits per heavy atom. The Balaban J connectivity index is 1.64. The lowest BCUT2D eigenvalue weighted by Crippen LogP contribution is -2.07. The molecule has 126 valence electrons. The minimum atomic E-state index is -0.498. The van der Waals surface area contributed by atoms with E-state index in [0.29, 0.717) is 15.5 Å². The van der Waals surface area contributed by atoms with Gasteiger partial charge in [-0.05, 0) is 36.4 Å². The fourth-order valence-electron chi connectivity index (χ4n) is 1.82. The number of halogens is 1. The quantitative estimate of drug-likeness (QED) is 0.409. The fourth-order valence-corrected chi connectivity index (χ4v) is 2.67. The molecule has 25 heavy (non-hydrogen) atoms. The van der Waals surface area contributed by atoms with Crippen molar-refractivity contribution in [2.45, 2.75) is 0 Å². The number of aromatic nitrogens is 2. The minimum Gasteiger partial charge on any atom is -0.403 e. The zero-order valence-corrected chi connectivity index (χ0v) is 14.0. The summed E-state index contributed by atoms with van der Waals surface area (Å²) in [5.41, 5.74) is 0.666. The molecule has 8 nitrogen and oxygen atoms in total. The molecule has 3 aromatic rings. The molecule has 3 rings (SSSR count). The standard InChI is InChI=1S/C15H9ClN4O4S/c16-10-3-1-9(2-4-10)14-18-19-15(24-14)17-12(21)7-5-11-6-8-13(25-11)20(22)23/h1-8H,(H,17,19,21)/b7-5+. The Morgan fingerprint density at radius 3 is 2.68 bits per heavy atom. The van der Waals surface area contributed by atoms with Crippen molar-refractivity contribution in [3.05, 3.63) is 62.5 Å². The number of benzene rings is 1. The van der Waals surface area contributed by atoms with Crippen LogP contribution in [0.1, 0.15) is 4.88 Å². The maximum atomic E-state index is 11.8. The van der Waals surface area contributed by atoms with Crippen molar-refractivity contribution in [3.63, 3.8) is 0 Å².